The van der Waals surface area contributed by atoms with Gasteiger partial charge in [-0.05, 0) is 63.3 Å². The maximum absolute atomic E-state index is 11.8. The highest BCUT2D eigenvalue weighted by atomic mass is 32.2. The summed E-state index contributed by atoms with van der Waals surface area (Å²) in [6.07, 6.45) is 4.17. The van der Waals surface area contributed by atoms with Gasteiger partial charge in [0.25, 0.3) is 10.1 Å². The Bertz CT molecular complexity index is 1960. The van der Waals surface area contributed by atoms with Crippen molar-refractivity contribution < 1.29 is 17.7 Å². The molecule has 7 rings (SSSR count). The lowest BCUT2D eigenvalue weighted by atomic mass is 9.82. The van der Waals surface area contributed by atoms with Crippen LogP contribution in [0.1, 0.15) is 16.7 Å². The molecule has 0 saturated heterocycles. The zero-order valence-electron chi connectivity index (χ0n) is 20.2. The third-order valence-electron chi connectivity index (χ3n) is 7.39. The molecular weight excluding hydrogens is 492 g/mol. The molecule has 6 aromatic rings. The van der Waals surface area contributed by atoms with Crippen LogP contribution >= 0.6 is 0 Å². The lowest BCUT2D eigenvalue weighted by Gasteiger charge is -2.37. The summed E-state index contributed by atoms with van der Waals surface area (Å²) in [5, 5.41) is 5.96. The normalized spacial score (nSPS) is 14.4. The Morgan fingerprint density at radius 2 is 1.18 bits per heavy atom. The monoisotopic (exact) mass is 514 g/mol. The smallest absolute Gasteiger partial charge is 0.294 e. The highest BCUT2D eigenvalue weighted by Gasteiger charge is 2.38. The third-order valence-corrected chi connectivity index (χ3v) is 8.24. The Kier molecular flexibility index (Phi) is 4.95. The van der Waals surface area contributed by atoms with Crippen LogP contribution in [0.15, 0.2) is 126 Å². The van der Waals surface area contributed by atoms with E-state index in [9.17, 15) is 13.0 Å². The molecule has 0 unspecified atom stereocenters. The second-order valence-corrected chi connectivity index (χ2v) is 11.1. The van der Waals surface area contributed by atoms with Crippen molar-refractivity contribution in [1.82, 2.24) is 0 Å². The first-order chi connectivity index (χ1) is 18.4. The predicted molar refractivity (Wildman–Crippen MR) is 152 cm³/mol. The van der Waals surface area contributed by atoms with E-state index >= 15 is 0 Å². The lowest BCUT2D eigenvalue weighted by molar-refractivity contribution is 0.164. The Morgan fingerprint density at radius 1 is 0.605 bits per heavy atom. The minimum Gasteiger partial charge on any atom is -0.472 e. The van der Waals surface area contributed by atoms with Crippen LogP contribution in [0.3, 0.4) is 0 Å². The SMILES string of the molecule is O=S(=O)(O)c1ccc2c3c(ccc2c1)C=CC(c1ccc2ccccc2c1)(c1ccc2ccccc2c1)O3. The molecule has 1 aliphatic rings. The molecule has 0 atom stereocenters. The number of fused-ring (bicyclic) bond motifs is 5. The Morgan fingerprint density at radius 3 is 1.79 bits per heavy atom. The molecule has 0 bridgehead atoms. The van der Waals surface area contributed by atoms with Crippen molar-refractivity contribution in [3.63, 3.8) is 0 Å². The minimum absolute atomic E-state index is 0.147. The van der Waals surface area contributed by atoms with Gasteiger partial charge in [-0.2, -0.15) is 8.42 Å². The van der Waals surface area contributed by atoms with E-state index in [1.807, 2.05) is 36.4 Å². The molecule has 4 nitrogen and oxygen atoms in total. The van der Waals surface area contributed by atoms with Gasteiger partial charge in [0, 0.05) is 22.1 Å². The molecule has 38 heavy (non-hydrogen) atoms. The zero-order valence-corrected chi connectivity index (χ0v) is 21.0. The summed E-state index contributed by atoms with van der Waals surface area (Å²) in [7, 11) is -4.32. The van der Waals surface area contributed by atoms with Gasteiger partial charge < -0.3 is 4.74 Å². The summed E-state index contributed by atoms with van der Waals surface area (Å²) in [5.41, 5.74) is 1.95. The van der Waals surface area contributed by atoms with Crippen molar-refractivity contribution in [2.45, 2.75) is 10.5 Å². The number of hydrogen-bond acceptors (Lipinski definition) is 3. The van der Waals surface area contributed by atoms with Crippen LogP contribution in [-0.4, -0.2) is 13.0 Å². The Hall–Kier alpha value is -4.45. The molecule has 0 fully saturated rings. The van der Waals surface area contributed by atoms with Crippen molar-refractivity contribution in [3.05, 3.63) is 138 Å². The van der Waals surface area contributed by atoms with Gasteiger partial charge in [0.1, 0.15) is 5.75 Å². The summed E-state index contributed by atoms with van der Waals surface area (Å²) >= 11 is 0. The second-order valence-electron chi connectivity index (χ2n) is 9.64. The first-order valence-corrected chi connectivity index (χ1v) is 13.8. The first kappa shape index (κ1) is 22.7. The van der Waals surface area contributed by atoms with Crippen LogP contribution in [0.2, 0.25) is 0 Å². The summed E-state index contributed by atoms with van der Waals surface area (Å²) < 4.78 is 40.1. The van der Waals surface area contributed by atoms with E-state index in [1.165, 1.54) is 12.1 Å². The third kappa shape index (κ3) is 3.59. The van der Waals surface area contributed by atoms with Gasteiger partial charge in [-0.25, -0.2) is 0 Å². The molecule has 0 saturated carbocycles. The van der Waals surface area contributed by atoms with E-state index in [1.54, 1.807) is 6.07 Å². The summed E-state index contributed by atoms with van der Waals surface area (Å²) in [6, 6.07) is 37.6. The van der Waals surface area contributed by atoms with Gasteiger partial charge in [0.15, 0.2) is 5.60 Å². The zero-order chi connectivity index (χ0) is 25.9. The standard InChI is InChI=1S/C33H22O4S/c34-38(35,36)30-15-16-31-27(21-30)10-9-24-17-18-33(37-32(24)31,28-13-11-22-5-1-3-7-25(22)19-28)29-14-12-23-6-2-4-8-26(23)20-29/h1-21H,(H,34,35,36). The van der Waals surface area contributed by atoms with Crippen molar-refractivity contribution >= 4 is 48.5 Å². The Labute approximate surface area is 220 Å². The van der Waals surface area contributed by atoms with Gasteiger partial charge in [0.05, 0.1) is 4.90 Å². The van der Waals surface area contributed by atoms with Crippen LogP contribution < -0.4 is 4.74 Å². The molecule has 0 amide bonds. The van der Waals surface area contributed by atoms with Crippen molar-refractivity contribution in [2.75, 3.05) is 0 Å². The van der Waals surface area contributed by atoms with E-state index in [-0.39, 0.29) is 4.90 Å². The van der Waals surface area contributed by atoms with Gasteiger partial charge >= 0.3 is 0 Å². The fourth-order valence-corrected chi connectivity index (χ4v) is 5.94. The van der Waals surface area contributed by atoms with Gasteiger partial charge in [0.2, 0.25) is 0 Å². The van der Waals surface area contributed by atoms with Gasteiger partial charge in [-0.3, -0.25) is 4.55 Å². The van der Waals surface area contributed by atoms with E-state index < -0.39 is 15.7 Å². The van der Waals surface area contributed by atoms with Crippen LogP contribution in [0.25, 0.3) is 38.4 Å². The molecule has 0 spiro atoms. The maximum Gasteiger partial charge on any atom is 0.294 e. The summed E-state index contributed by atoms with van der Waals surface area (Å²) in [4.78, 5) is -0.147. The van der Waals surface area contributed by atoms with Crippen molar-refractivity contribution in [1.29, 1.82) is 0 Å². The van der Waals surface area contributed by atoms with Gasteiger partial charge in [-0.15, -0.1) is 0 Å². The topological polar surface area (TPSA) is 63.6 Å². The predicted octanol–water partition coefficient (Wildman–Crippen LogP) is 7.74. The molecular formula is C33H22O4S. The minimum atomic E-state index is -4.32. The van der Waals surface area contributed by atoms with E-state index in [4.69, 9.17) is 4.74 Å². The fourth-order valence-electron chi connectivity index (χ4n) is 5.42. The number of ether oxygens (including phenoxy) is 1. The molecule has 5 heteroatoms. The molecule has 184 valence electrons. The first-order valence-electron chi connectivity index (χ1n) is 12.3. The van der Waals surface area contributed by atoms with Crippen LogP contribution in [-0.2, 0) is 15.7 Å². The molecule has 0 radical (unpaired) electrons. The molecule has 1 N–H and O–H groups in total. The Balaban J connectivity index is 1.49. The maximum atomic E-state index is 11.8. The largest absolute Gasteiger partial charge is 0.472 e. The summed E-state index contributed by atoms with van der Waals surface area (Å²) in [5.74, 6) is 0.660. The highest BCUT2D eigenvalue weighted by molar-refractivity contribution is 7.85. The van der Waals surface area contributed by atoms with Crippen molar-refractivity contribution in [2.24, 2.45) is 0 Å². The van der Waals surface area contributed by atoms with Crippen LogP contribution in [0.4, 0.5) is 0 Å². The lowest BCUT2D eigenvalue weighted by Crippen LogP contribution is -2.34. The fraction of sp³-hybridized carbons (Fsp3) is 0.0303. The quantitative estimate of drug-likeness (QED) is 0.245. The molecule has 1 aliphatic heterocycles. The van der Waals surface area contributed by atoms with Crippen LogP contribution in [0, 0.1) is 0 Å². The average Bonchev–Trinajstić information content (AvgIpc) is 2.95. The number of benzene rings is 6. The average molecular weight is 515 g/mol. The van der Waals surface area contributed by atoms with E-state index in [0.717, 1.165) is 43.6 Å². The summed E-state index contributed by atoms with van der Waals surface area (Å²) in [6.45, 7) is 0. The number of hydrogen-bond donors (Lipinski definition) is 1. The molecule has 0 aliphatic carbocycles. The van der Waals surface area contributed by atoms with Gasteiger partial charge in [-0.1, -0.05) is 91.0 Å². The second kappa shape index (κ2) is 8.28. The molecule has 0 aromatic heterocycles. The van der Waals surface area contributed by atoms with Crippen LogP contribution in [0.5, 0.6) is 5.75 Å². The number of rotatable bonds is 3. The molecule has 1 heterocycles. The highest BCUT2D eigenvalue weighted by Crippen LogP contribution is 2.46. The van der Waals surface area contributed by atoms with E-state index in [2.05, 4.69) is 72.8 Å². The van der Waals surface area contributed by atoms with Crippen molar-refractivity contribution in [3.8, 4) is 5.75 Å². The van der Waals surface area contributed by atoms with E-state index in [0.29, 0.717) is 11.1 Å². The molecule has 6 aromatic carbocycles.